The molecule has 6 heteroatoms. The van der Waals surface area contributed by atoms with Crippen LogP contribution in [0, 0.1) is 0 Å². The molecule has 4 rings (SSSR count). The fraction of sp³-hybridized carbons (Fsp3) is 0.333. The summed E-state index contributed by atoms with van der Waals surface area (Å²) in [5, 5.41) is 14.0. The third kappa shape index (κ3) is 2.92. The summed E-state index contributed by atoms with van der Waals surface area (Å²) >= 11 is 0. The van der Waals surface area contributed by atoms with Gasteiger partial charge in [0.25, 0.3) is 0 Å². The first kappa shape index (κ1) is 15.0. The summed E-state index contributed by atoms with van der Waals surface area (Å²) < 4.78 is 0. The minimum absolute atomic E-state index is 0.204. The van der Waals surface area contributed by atoms with Gasteiger partial charge in [0.1, 0.15) is 5.82 Å². The van der Waals surface area contributed by atoms with Gasteiger partial charge >= 0.3 is 0 Å². The molecule has 2 heterocycles. The molecule has 1 aliphatic carbocycles. The number of nitrogens with one attached hydrogen (secondary N) is 2. The molecule has 24 heavy (non-hydrogen) atoms. The third-order valence-corrected chi connectivity index (χ3v) is 4.67. The summed E-state index contributed by atoms with van der Waals surface area (Å²) in [7, 11) is 0. The molecule has 0 radical (unpaired) electrons. The standard InChI is InChI=1S/C18H21N5O/c19-18-22-16(12-7-13(24)8-12)9-17(23-18)20-6-5-11-10-21-15-4-2-1-3-14(11)15/h1-4,9-10,12-13,21,24H,5-8H2,(H3,19,20,22,23). The van der Waals surface area contributed by atoms with E-state index in [0.29, 0.717) is 5.92 Å². The van der Waals surface area contributed by atoms with Gasteiger partial charge in [-0.15, -0.1) is 0 Å². The molecule has 0 saturated heterocycles. The largest absolute Gasteiger partial charge is 0.393 e. The van der Waals surface area contributed by atoms with Gasteiger partial charge in [0.15, 0.2) is 0 Å². The minimum Gasteiger partial charge on any atom is -0.393 e. The van der Waals surface area contributed by atoms with E-state index in [-0.39, 0.29) is 12.1 Å². The van der Waals surface area contributed by atoms with E-state index in [1.54, 1.807) is 0 Å². The number of benzene rings is 1. The number of aliphatic hydroxyl groups is 1. The molecule has 1 aromatic carbocycles. The van der Waals surface area contributed by atoms with Crippen molar-refractivity contribution in [2.45, 2.75) is 31.3 Å². The molecule has 6 nitrogen and oxygen atoms in total. The van der Waals surface area contributed by atoms with Crippen LogP contribution in [0.4, 0.5) is 11.8 Å². The van der Waals surface area contributed by atoms with E-state index in [2.05, 4.69) is 44.7 Å². The predicted molar refractivity (Wildman–Crippen MR) is 94.9 cm³/mol. The van der Waals surface area contributed by atoms with Crippen molar-refractivity contribution in [1.82, 2.24) is 15.0 Å². The van der Waals surface area contributed by atoms with Gasteiger partial charge in [-0.1, -0.05) is 18.2 Å². The average Bonchev–Trinajstić information content (AvgIpc) is 2.95. The van der Waals surface area contributed by atoms with Gasteiger partial charge in [0.05, 0.1) is 11.8 Å². The molecular weight excluding hydrogens is 302 g/mol. The minimum atomic E-state index is -0.204. The van der Waals surface area contributed by atoms with Crippen molar-refractivity contribution in [3.05, 3.63) is 47.8 Å². The lowest BCUT2D eigenvalue weighted by molar-refractivity contribution is 0.0732. The Morgan fingerprint density at radius 3 is 2.92 bits per heavy atom. The molecule has 0 atom stereocenters. The maximum atomic E-state index is 9.46. The van der Waals surface area contributed by atoms with Crippen LogP contribution in [0.15, 0.2) is 36.5 Å². The topological polar surface area (TPSA) is 99.8 Å². The number of nitrogens with zero attached hydrogens (tertiary/aromatic N) is 2. The van der Waals surface area contributed by atoms with Crippen molar-refractivity contribution >= 4 is 22.7 Å². The van der Waals surface area contributed by atoms with Crippen molar-refractivity contribution < 1.29 is 5.11 Å². The molecule has 5 N–H and O–H groups in total. The molecule has 124 valence electrons. The lowest BCUT2D eigenvalue weighted by Crippen LogP contribution is -2.27. The highest BCUT2D eigenvalue weighted by atomic mass is 16.3. The number of anilines is 2. The zero-order valence-corrected chi connectivity index (χ0v) is 13.4. The molecule has 1 aliphatic rings. The van der Waals surface area contributed by atoms with Crippen molar-refractivity contribution in [3.63, 3.8) is 0 Å². The van der Waals surface area contributed by atoms with Crippen LogP contribution >= 0.6 is 0 Å². The Labute approximate surface area is 140 Å². The van der Waals surface area contributed by atoms with Crippen LogP contribution in [-0.4, -0.2) is 32.7 Å². The first-order chi connectivity index (χ1) is 11.7. The smallest absolute Gasteiger partial charge is 0.222 e. The second kappa shape index (κ2) is 6.13. The lowest BCUT2D eigenvalue weighted by Gasteiger charge is -2.30. The number of rotatable bonds is 5. The quantitative estimate of drug-likeness (QED) is 0.578. The Bertz CT molecular complexity index is 853. The highest BCUT2D eigenvalue weighted by Crippen LogP contribution is 2.36. The molecule has 2 aromatic heterocycles. The fourth-order valence-corrected chi connectivity index (χ4v) is 3.28. The Kier molecular flexibility index (Phi) is 3.82. The molecule has 0 amide bonds. The number of hydrogen-bond donors (Lipinski definition) is 4. The Morgan fingerprint density at radius 1 is 1.25 bits per heavy atom. The molecular formula is C18H21N5O. The highest BCUT2D eigenvalue weighted by molar-refractivity contribution is 5.83. The zero-order chi connectivity index (χ0) is 16.5. The second-order valence-corrected chi connectivity index (χ2v) is 6.39. The van der Waals surface area contributed by atoms with Gasteiger partial charge in [-0.3, -0.25) is 0 Å². The molecule has 0 bridgehead atoms. The van der Waals surface area contributed by atoms with Gasteiger partial charge in [-0.05, 0) is 30.9 Å². The fourth-order valence-electron chi connectivity index (χ4n) is 3.28. The van der Waals surface area contributed by atoms with Crippen LogP contribution in [0.1, 0.15) is 30.0 Å². The Balaban J connectivity index is 1.42. The van der Waals surface area contributed by atoms with Crippen molar-refractivity contribution in [2.75, 3.05) is 17.6 Å². The van der Waals surface area contributed by atoms with Crippen molar-refractivity contribution in [1.29, 1.82) is 0 Å². The number of fused-ring (bicyclic) bond motifs is 1. The summed E-state index contributed by atoms with van der Waals surface area (Å²) in [6.07, 6.45) is 4.26. The van der Waals surface area contributed by atoms with Crippen molar-refractivity contribution in [3.8, 4) is 0 Å². The van der Waals surface area contributed by atoms with E-state index in [0.717, 1.165) is 42.8 Å². The molecule has 0 unspecified atom stereocenters. The van der Waals surface area contributed by atoms with Crippen LogP contribution in [-0.2, 0) is 6.42 Å². The first-order valence-electron chi connectivity index (χ1n) is 8.30. The SMILES string of the molecule is Nc1nc(NCCc2c[nH]c3ccccc23)cc(C2CC(O)C2)n1. The van der Waals surface area contributed by atoms with Gasteiger partial charge in [0.2, 0.25) is 5.95 Å². The molecule has 0 aliphatic heterocycles. The van der Waals surface area contributed by atoms with Crippen LogP contribution in [0.2, 0.25) is 0 Å². The number of nitrogen functional groups attached to an aromatic ring is 1. The summed E-state index contributed by atoms with van der Waals surface area (Å²) in [5.41, 5.74) is 9.18. The molecule has 1 fully saturated rings. The van der Waals surface area contributed by atoms with E-state index in [1.807, 2.05) is 12.1 Å². The molecule has 3 aromatic rings. The summed E-state index contributed by atoms with van der Waals surface area (Å²) in [4.78, 5) is 11.9. The lowest BCUT2D eigenvalue weighted by atomic mass is 9.80. The number of hydrogen-bond acceptors (Lipinski definition) is 5. The number of H-pyrrole nitrogens is 1. The van der Waals surface area contributed by atoms with E-state index < -0.39 is 0 Å². The first-order valence-corrected chi connectivity index (χ1v) is 8.30. The highest BCUT2D eigenvalue weighted by Gasteiger charge is 2.30. The monoisotopic (exact) mass is 323 g/mol. The second-order valence-electron chi connectivity index (χ2n) is 6.39. The van der Waals surface area contributed by atoms with Gasteiger partial charge in [-0.2, -0.15) is 4.98 Å². The number of aromatic amines is 1. The zero-order valence-electron chi connectivity index (χ0n) is 13.4. The normalized spacial score (nSPS) is 20.0. The van der Waals surface area contributed by atoms with E-state index >= 15 is 0 Å². The maximum absolute atomic E-state index is 9.46. The van der Waals surface area contributed by atoms with Crippen LogP contribution in [0.25, 0.3) is 10.9 Å². The van der Waals surface area contributed by atoms with Gasteiger partial charge < -0.3 is 21.1 Å². The van der Waals surface area contributed by atoms with Crippen LogP contribution in [0.5, 0.6) is 0 Å². The van der Waals surface area contributed by atoms with Gasteiger partial charge in [0, 0.05) is 35.6 Å². The summed E-state index contributed by atoms with van der Waals surface area (Å²) in [5.74, 6) is 1.32. The Hall–Kier alpha value is -2.60. The summed E-state index contributed by atoms with van der Waals surface area (Å²) in [6, 6.07) is 10.2. The molecule has 0 spiro atoms. The van der Waals surface area contributed by atoms with E-state index in [1.165, 1.54) is 10.9 Å². The maximum Gasteiger partial charge on any atom is 0.222 e. The average molecular weight is 323 g/mol. The third-order valence-electron chi connectivity index (χ3n) is 4.67. The van der Waals surface area contributed by atoms with E-state index in [9.17, 15) is 5.11 Å². The number of para-hydroxylation sites is 1. The van der Waals surface area contributed by atoms with E-state index in [4.69, 9.17) is 5.73 Å². The predicted octanol–water partition coefficient (Wildman–Crippen LogP) is 2.43. The number of aromatic nitrogens is 3. The van der Waals surface area contributed by atoms with Crippen LogP contribution < -0.4 is 11.1 Å². The number of aliphatic hydroxyl groups excluding tert-OH is 1. The van der Waals surface area contributed by atoms with Gasteiger partial charge in [-0.25, -0.2) is 4.98 Å². The molecule has 1 saturated carbocycles. The van der Waals surface area contributed by atoms with Crippen LogP contribution in [0.3, 0.4) is 0 Å². The number of nitrogens with two attached hydrogens (primary N) is 1. The van der Waals surface area contributed by atoms with Crippen molar-refractivity contribution in [2.24, 2.45) is 0 Å². The Morgan fingerprint density at radius 2 is 2.08 bits per heavy atom. The summed E-state index contributed by atoms with van der Waals surface area (Å²) in [6.45, 7) is 0.769.